The molecule has 0 spiro atoms. The number of carbonyl (C=O) groups excluding carboxylic acids is 2. The summed E-state index contributed by atoms with van der Waals surface area (Å²) in [4.78, 5) is 33.5. The van der Waals surface area contributed by atoms with Crippen molar-refractivity contribution in [2.75, 3.05) is 12.0 Å². The van der Waals surface area contributed by atoms with Gasteiger partial charge in [0.1, 0.15) is 17.5 Å². The average Bonchev–Trinajstić information content (AvgIpc) is 2.89. The third kappa shape index (κ3) is 5.45. The first kappa shape index (κ1) is 23.5. The highest BCUT2D eigenvalue weighted by Gasteiger charge is 2.35. The number of rotatable bonds is 7. The summed E-state index contributed by atoms with van der Waals surface area (Å²) in [5.74, 6) is 0.166. The van der Waals surface area contributed by atoms with Crippen molar-refractivity contribution in [2.45, 2.75) is 51.1 Å². The van der Waals surface area contributed by atoms with Crippen LogP contribution < -0.4 is 15.0 Å². The first-order valence-electron chi connectivity index (χ1n) is 11.8. The normalized spacial score (nSPS) is 14.8. The number of aryl methyl sites for hydroxylation is 1. The minimum Gasteiger partial charge on any atom is -0.497 e. The number of amides is 2. The van der Waals surface area contributed by atoms with E-state index in [0.717, 1.165) is 31.2 Å². The molecule has 1 heterocycles. The molecule has 4 rings (SSSR count). The largest absolute Gasteiger partial charge is 0.497 e. The number of pyridine rings is 1. The highest BCUT2D eigenvalue weighted by atomic mass is 16.5. The second-order valence-electron chi connectivity index (χ2n) is 8.74. The predicted octanol–water partition coefficient (Wildman–Crippen LogP) is 5.24. The molecular weight excluding hydrogens is 426 g/mol. The number of nitrogens with zero attached hydrogens (tertiary/aromatic N) is 2. The Morgan fingerprint density at radius 2 is 1.68 bits per heavy atom. The van der Waals surface area contributed by atoms with Crippen molar-refractivity contribution in [1.29, 1.82) is 0 Å². The molecule has 0 unspecified atom stereocenters. The zero-order valence-corrected chi connectivity index (χ0v) is 19.7. The van der Waals surface area contributed by atoms with Gasteiger partial charge >= 0.3 is 0 Å². The van der Waals surface area contributed by atoms with Gasteiger partial charge in [-0.3, -0.25) is 19.5 Å². The van der Waals surface area contributed by atoms with Crippen LogP contribution in [0.2, 0.25) is 0 Å². The Morgan fingerprint density at radius 1 is 0.971 bits per heavy atom. The predicted molar refractivity (Wildman–Crippen MR) is 133 cm³/mol. The zero-order chi connectivity index (χ0) is 23.9. The van der Waals surface area contributed by atoms with Gasteiger partial charge in [-0.2, -0.15) is 0 Å². The zero-order valence-electron chi connectivity index (χ0n) is 19.7. The second-order valence-corrected chi connectivity index (χ2v) is 8.74. The van der Waals surface area contributed by atoms with Crippen molar-refractivity contribution in [3.05, 3.63) is 89.7 Å². The number of anilines is 1. The monoisotopic (exact) mass is 457 g/mol. The molecular formula is C28H31N3O3. The van der Waals surface area contributed by atoms with Crippen molar-refractivity contribution in [1.82, 2.24) is 10.3 Å². The van der Waals surface area contributed by atoms with Gasteiger partial charge in [0.25, 0.3) is 5.91 Å². The average molecular weight is 458 g/mol. The van der Waals surface area contributed by atoms with Crippen LogP contribution >= 0.6 is 0 Å². The number of hydrogen-bond donors (Lipinski definition) is 1. The van der Waals surface area contributed by atoms with Crippen LogP contribution in [0.15, 0.2) is 72.9 Å². The Balaban J connectivity index is 1.79. The summed E-state index contributed by atoms with van der Waals surface area (Å²) < 4.78 is 5.31. The summed E-state index contributed by atoms with van der Waals surface area (Å²) in [7, 11) is 1.60. The summed E-state index contributed by atoms with van der Waals surface area (Å²) in [6.45, 7) is 1.99. The number of methoxy groups -OCH3 is 1. The molecule has 2 amide bonds. The Bertz CT molecular complexity index is 1090. The Morgan fingerprint density at radius 3 is 2.29 bits per heavy atom. The SMILES string of the molecule is COc1ccc([C@H](C(=O)NC2CCCCC2)N(C(=O)c2ccccn2)c2ccc(C)cc2)cc1. The van der Waals surface area contributed by atoms with Crippen molar-refractivity contribution in [3.8, 4) is 5.75 Å². The molecule has 0 aliphatic heterocycles. The molecule has 3 aromatic rings. The maximum atomic E-state index is 13.8. The van der Waals surface area contributed by atoms with Crippen LogP contribution in [-0.2, 0) is 4.79 Å². The van der Waals surface area contributed by atoms with E-state index in [4.69, 9.17) is 4.74 Å². The minimum absolute atomic E-state index is 0.117. The summed E-state index contributed by atoms with van der Waals surface area (Å²) >= 11 is 0. The van der Waals surface area contributed by atoms with E-state index in [1.807, 2.05) is 55.5 Å². The first-order chi connectivity index (χ1) is 16.6. The van der Waals surface area contributed by atoms with Crippen LogP contribution in [0.25, 0.3) is 0 Å². The molecule has 1 aliphatic rings. The molecule has 1 aliphatic carbocycles. The number of nitrogens with one attached hydrogen (secondary N) is 1. The van der Waals surface area contributed by atoms with Gasteiger partial charge in [0.2, 0.25) is 5.91 Å². The lowest BCUT2D eigenvalue weighted by atomic mass is 9.94. The number of benzene rings is 2. The molecule has 176 valence electrons. The highest BCUT2D eigenvalue weighted by Crippen LogP contribution is 2.31. The van der Waals surface area contributed by atoms with Gasteiger partial charge in [0.05, 0.1) is 7.11 Å². The van der Waals surface area contributed by atoms with Crippen LogP contribution in [0, 0.1) is 6.92 Å². The fourth-order valence-corrected chi connectivity index (χ4v) is 4.43. The molecule has 34 heavy (non-hydrogen) atoms. The molecule has 1 atom stereocenters. The highest BCUT2D eigenvalue weighted by molar-refractivity contribution is 6.09. The van der Waals surface area contributed by atoms with E-state index in [-0.39, 0.29) is 23.6 Å². The summed E-state index contributed by atoms with van der Waals surface area (Å²) in [5.41, 5.74) is 2.70. The van der Waals surface area contributed by atoms with Crippen LogP contribution in [0.4, 0.5) is 5.69 Å². The number of aromatic nitrogens is 1. The Kier molecular flexibility index (Phi) is 7.58. The molecule has 6 nitrogen and oxygen atoms in total. The molecule has 1 aromatic heterocycles. The van der Waals surface area contributed by atoms with Crippen molar-refractivity contribution in [3.63, 3.8) is 0 Å². The van der Waals surface area contributed by atoms with E-state index >= 15 is 0 Å². The third-order valence-corrected chi connectivity index (χ3v) is 6.30. The van der Waals surface area contributed by atoms with E-state index in [0.29, 0.717) is 17.0 Å². The van der Waals surface area contributed by atoms with E-state index in [9.17, 15) is 9.59 Å². The molecule has 2 aromatic carbocycles. The van der Waals surface area contributed by atoms with E-state index in [1.54, 1.807) is 36.4 Å². The van der Waals surface area contributed by atoms with Crippen molar-refractivity contribution < 1.29 is 14.3 Å². The summed E-state index contributed by atoms with van der Waals surface area (Å²) in [6, 6.07) is 19.4. The lowest BCUT2D eigenvalue weighted by molar-refractivity contribution is -0.123. The number of hydrogen-bond acceptors (Lipinski definition) is 4. The fraction of sp³-hybridized carbons (Fsp3) is 0.321. The number of ether oxygens (including phenoxy) is 1. The van der Waals surface area contributed by atoms with E-state index in [1.165, 1.54) is 6.42 Å². The molecule has 0 bridgehead atoms. The molecule has 0 saturated heterocycles. The van der Waals surface area contributed by atoms with Crippen LogP contribution in [0.5, 0.6) is 5.75 Å². The molecule has 1 saturated carbocycles. The van der Waals surface area contributed by atoms with Crippen LogP contribution in [-0.4, -0.2) is 29.9 Å². The second kappa shape index (κ2) is 11.0. The van der Waals surface area contributed by atoms with Gasteiger partial charge in [0, 0.05) is 17.9 Å². The minimum atomic E-state index is -0.856. The maximum absolute atomic E-state index is 13.8. The number of carbonyl (C=O) groups is 2. The van der Waals surface area contributed by atoms with Gasteiger partial charge in [-0.15, -0.1) is 0 Å². The summed E-state index contributed by atoms with van der Waals surface area (Å²) in [5, 5.41) is 3.23. The summed E-state index contributed by atoms with van der Waals surface area (Å²) in [6.07, 6.45) is 6.91. The third-order valence-electron chi connectivity index (χ3n) is 6.30. The molecule has 0 radical (unpaired) electrons. The fourth-order valence-electron chi connectivity index (χ4n) is 4.43. The lowest BCUT2D eigenvalue weighted by Gasteiger charge is -2.33. The first-order valence-corrected chi connectivity index (χ1v) is 11.8. The smallest absolute Gasteiger partial charge is 0.277 e. The van der Waals surface area contributed by atoms with Crippen LogP contribution in [0.3, 0.4) is 0 Å². The van der Waals surface area contributed by atoms with Gasteiger partial charge < -0.3 is 10.1 Å². The van der Waals surface area contributed by atoms with E-state index < -0.39 is 6.04 Å². The van der Waals surface area contributed by atoms with E-state index in [2.05, 4.69) is 10.3 Å². The molecule has 1 N–H and O–H groups in total. The topological polar surface area (TPSA) is 71.5 Å². The molecule has 1 fully saturated rings. The maximum Gasteiger partial charge on any atom is 0.277 e. The van der Waals surface area contributed by atoms with Gasteiger partial charge in [-0.1, -0.05) is 55.2 Å². The van der Waals surface area contributed by atoms with Gasteiger partial charge in [-0.05, 0) is 61.7 Å². The van der Waals surface area contributed by atoms with Crippen molar-refractivity contribution in [2.24, 2.45) is 0 Å². The van der Waals surface area contributed by atoms with Crippen LogP contribution in [0.1, 0.15) is 59.8 Å². The Labute approximate surface area is 201 Å². The standard InChI is InChI=1S/C28H31N3O3/c1-20-11-15-23(16-12-20)31(28(33)25-10-6-7-19-29-25)26(21-13-17-24(34-2)18-14-21)27(32)30-22-8-4-3-5-9-22/h6-7,10-19,22,26H,3-5,8-9H2,1-2H3,(H,30,32)/t26-/m1/s1. The van der Waals surface area contributed by atoms with Gasteiger partial charge in [-0.25, -0.2) is 0 Å². The molecule has 6 heteroatoms. The lowest BCUT2D eigenvalue weighted by Crippen LogP contribution is -2.47. The Hall–Kier alpha value is -3.67. The van der Waals surface area contributed by atoms with Gasteiger partial charge in [0.15, 0.2) is 0 Å². The quantitative estimate of drug-likeness (QED) is 0.527. The van der Waals surface area contributed by atoms with Crippen molar-refractivity contribution >= 4 is 17.5 Å².